The van der Waals surface area contributed by atoms with Crippen LogP contribution in [0.2, 0.25) is 5.02 Å². The number of hydrogen-bond donors (Lipinski definition) is 2. The third-order valence-corrected chi connectivity index (χ3v) is 5.76. The standard InChI is InChI=1S/C23H14ClN3O2/c24-14-5-3-4-12(10-14)18-19-16(9-8-13-11-25-27-21(13)19)26-22-15-6-1-2-7-17(15)29-23(28)20(18)22/h1-11,18,26H,(H,25,27). The highest BCUT2D eigenvalue weighted by Crippen LogP contribution is 2.48. The number of aromatic nitrogens is 2. The predicted octanol–water partition coefficient (Wildman–Crippen LogP) is 5.56. The normalized spacial score (nSPS) is 15.1. The van der Waals surface area contributed by atoms with Crippen molar-refractivity contribution in [3.05, 3.63) is 99.0 Å². The monoisotopic (exact) mass is 399 g/mol. The number of aromatic amines is 1. The Morgan fingerprint density at radius 2 is 1.90 bits per heavy atom. The van der Waals surface area contributed by atoms with Gasteiger partial charge in [-0.3, -0.25) is 5.10 Å². The maximum absolute atomic E-state index is 13.2. The molecule has 5 nitrogen and oxygen atoms in total. The molecule has 1 aliphatic rings. The van der Waals surface area contributed by atoms with E-state index in [0.29, 0.717) is 16.2 Å². The largest absolute Gasteiger partial charge is 0.422 e. The van der Waals surface area contributed by atoms with Crippen molar-refractivity contribution in [1.82, 2.24) is 10.2 Å². The molecule has 0 spiro atoms. The van der Waals surface area contributed by atoms with E-state index in [9.17, 15) is 4.79 Å². The fourth-order valence-corrected chi connectivity index (χ4v) is 4.50. The summed E-state index contributed by atoms with van der Waals surface area (Å²) in [6, 6.07) is 19.2. The van der Waals surface area contributed by atoms with Crippen LogP contribution in [-0.4, -0.2) is 10.2 Å². The molecule has 29 heavy (non-hydrogen) atoms. The lowest BCUT2D eigenvalue weighted by molar-refractivity contribution is 0.549. The number of para-hydroxylation sites is 1. The van der Waals surface area contributed by atoms with Gasteiger partial charge in [-0.2, -0.15) is 5.10 Å². The van der Waals surface area contributed by atoms with Crippen LogP contribution in [0.1, 0.15) is 22.6 Å². The van der Waals surface area contributed by atoms with E-state index >= 15 is 0 Å². The zero-order valence-corrected chi connectivity index (χ0v) is 15.8. The molecule has 0 fully saturated rings. The van der Waals surface area contributed by atoms with Crippen LogP contribution in [-0.2, 0) is 0 Å². The van der Waals surface area contributed by atoms with Crippen LogP contribution < -0.4 is 10.9 Å². The Morgan fingerprint density at radius 3 is 2.79 bits per heavy atom. The van der Waals surface area contributed by atoms with E-state index < -0.39 is 0 Å². The fraction of sp³-hybridized carbons (Fsp3) is 0.0435. The predicted molar refractivity (Wildman–Crippen MR) is 114 cm³/mol. The van der Waals surface area contributed by atoms with Crippen molar-refractivity contribution in [1.29, 1.82) is 0 Å². The molecular formula is C23H14ClN3O2. The maximum Gasteiger partial charge on any atom is 0.342 e. The smallest absolute Gasteiger partial charge is 0.342 e. The molecule has 6 heteroatoms. The number of fused-ring (bicyclic) bond motifs is 6. The molecule has 0 bridgehead atoms. The lowest BCUT2D eigenvalue weighted by Gasteiger charge is -2.30. The van der Waals surface area contributed by atoms with Crippen molar-refractivity contribution in [2.24, 2.45) is 0 Å². The van der Waals surface area contributed by atoms with E-state index in [1.54, 1.807) is 12.3 Å². The van der Waals surface area contributed by atoms with Gasteiger partial charge in [0.15, 0.2) is 0 Å². The first-order valence-corrected chi connectivity index (χ1v) is 9.63. The zero-order valence-electron chi connectivity index (χ0n) is 15.1. The van der Waals surface area contributed by atoms with E-state index in [1.807, 2.05) is 54.6 Å². The Kier molecular flexibility index (Phi) is 3.37. The molecule has 0 radical (unpaired) electrons. The summed E-state index contributed by atoms with van der Waals surface area (Å²) in [6.45, 7) is 0. The van der Waals surface area contributed by atoms with Crippen LogP contribution in [0, 0.1) is 0 Å². The van der Waals surface area contributed by atoms with Gasteiger partial charge in [-0.25, -0.2) is 4.79 Å². The van der Waals surface area contributed by atoms with E-state index in [2.05, 4.69) is 15.5 Å². The molecule has 0 amide bonds. The summed E-state index contributed by atoms with van der Waals surface area (Å²) in [5, 5.41) is 13.2. The second kappa shape index (κ2) is 5.96. The van der Waals surface area contributed by atoms with Gasteiger partial charge in [-0.15, -0.1) is 0 Å². The minimum absolute atomic E-state index is 0.343. The van der Waals surface area contributed by atoms with Crippen LogP contribution in [0.4, 0.5) is 11.4 Å². The van der Waals surface area contributed by atoms with Crippen molar-refractivity contribution in [3.63, 3.8) is 0 Å². The SMILES string of the molecule is O=c1oc2ccccc2c2c1C(c1cccc(Cl)c1)c1c(ccc3cn[nH]c13)N2. The van der Waals surface area contributed by atoms with E-state index in [4.69, 9.17) is 16.0 Å². The summed E-state index contributed by atoms with van der Waals surface area (Å²) < 4.78 is 5.70. The zero-order chi connectivity index (χ0) is 19.5. The minimum atomic E-state index is -0.363. The van der Waals surface area contributed by atoms with E-state index in [-0.39, 0.29) is 11.5 Å². The molecule has 3 aromatic carbocycles. The molecule has 1 atom stereocenters. The van der Waals surface area contributed by atoms with E-state index in [1.165, 1.54) is 0 Å². The molecule has 2 aromatic heterocycles. The second-order valence-electron chi connectivity index (χ2n) is 7.15. The van der Waals surface area contributed by atoms with Gasteiger partial charge in [-0.1, -0.05) is 35.9 Å². The Labute approximate surface area is 169 Å². The van der Waals surface area contributed by atoms with Crippen LogP contribution in [0.15, 0.2) is 76.1 Å². The average molecular weight is 400 g/mol. The van der Waals surface area contributed by atoms with Gasteiger partial charge in [0.1, 0.15) is 5.58 Å². The van der Waals surface area contributed by atoms with Gasteiger partial charge >= 0.3 is 5.63 Å². The Morgan fingerprint density at radius 1 is 1.00 bits per heavy atom. The first-order chi connectivity index (χ1) is 14.2. The third-order valence-electron chi connectivity index (χ3n) is 5.53. The highest BCUT2D eigenvalue weighted by molar-refractivity contribution is 6.30. The quantitative estimate of drug-likeness (QED) is 0.355. The molecule has 6 rings (SSSR count). The number of rotatable bonds is 1. The molecule has 140 valence electrons. The van der Waals surface area contributed by atoms with Gasteiger partial charge in [0, 0.05) is 33.0 Å². The number of nitrogens with zero attached hydrogens (tertiary/aromatic N) is 1. The van der Waals surface area contributed by atoms with Crippen LogP contribution in [0.5, 0.6) is 0 Å². The average Bonchev–Trinajstić information content (AvgIpc) is 3.21. The lowest BCUT2D eigenvalue weighted by atomic mass is 9.80. The number of hydrogen-bond acceptors (Lipinski definition) is 4. The highest BCUT2D eigenvalue weighted by atomic mass is 35.5. The Bertz CT molecular complexity index is 1490. The minimum Gasteiger partial charge on any atom is -0.422 e. The molecule has 1 aliphatic heterocycles. The summed E-state index contributed by atoms with van der Waals surface area (Å²) in [5.74, 6) is -0.343. The molecule has 3 heterocycles. The van der Waals surface area contributed by atoms with Gasteiger partial charge in [0.25, 0.3) is 0 Å². The lowest BCUT2D eigenvalue weighted by Crippen LogP contribution is -2.22. The summed E-state index contributed by atoms with van der Waals surface area (Å²) in [7, 11) is 0. The number of nitrogens with one attached hydrogen (secondary N) is 2. The van der Waals surface area contributed by atoms with Crippen molar-refractivity contribution in [3.8, 4) is 0 Å². The second-order valence-corrected chi connectivity index (χ2v) is 7.58. The first kappa shape index (κ1) is 16.4. The molecular weight excluding hydrogens is 386 g/mol. The molecule has 0 saturated heterocycles. The molecule has 0 aliphatic carbocycles. The number of H-pyrrole nitrogens is 1. The van der Waals surface area contributed by atoms with Gasteiger partial charge in [0.05, 0.1) is 23.0 Å². The number of benzene rings is 3. The fourth-order valence-electron chi connectivity index (χ4n) is 4.30. The molecule has 0 saturated carbocycles. The molecule has 1 unspecified atom stereocenters. The maximum atomic E-state index is 13.2. The summed E-state index contributed by atoms with van der Waals surface area (Å²) in [4.78, 5) is 13.2. The number of halogens is 1. The molecule has 2 N–H and O–H groups in total. The van der Waals surface area contributed by atoms with Gasteiger partial charge in [-0.05, 0) is 42.0 Å². The van der Waals surface area contributed by atoms with Crippen LogP contribution >= 0.6 is 11.6 Å². The van der Waals surface area contributed by atoms with Gasteiger partial charge in [0.2, 0.25) is 0 Å². The third kappa shape index (κ3) is 2.34. The Balaban J connectivity index is 1.77. The first-order valence-electron chi connectivity index (χ1n) is 9.25. The van der Waals surface area contributed by atoms with Crippen LogP contribution in [0.3, 0.4) is 0 Å². The van der Waals surface area contributed by atoms with Crippen molar-refractivity contribution >= 4 is 44.8 Å². The van der Waals surface area contributed by atoms with Crippen molar-refractivity contribution in [2.75, 3.05) is 5.32 Å². The van der Waals surface area contributed by atoms with Crippen molar-refractivity contribution in [2.45, 2.75) is 5.92 Å². The Hall–Kier alpha value is -3.57. The summed E-state index contributed by atoms with van der Waals surface area (Å²) in [5.41, 5.74) is 5.23. The van der Waals surface area contributed by atoms with Crippen molar-refractivity contribution < 1.29 is 4.42 Å². The van der Waals surface area contributed by atoms with Gasteiger partial charge < -0.3 is 9.73 Å². The molecule has 5 aromatic rings. The highest BCUT2D eigenvalue weighted by Gasteiger charge is 2.34. The topological polar surface area (TPSA) is 70.9 Å². The van der Waals surface area contributed by atoms with E-state index in [0.717, 1.165) is 38.8 Å². The van der Waals surface area contributed by atoms with Crippen LogP contribution in [0.25, 0.3) is 21.9 Å². The summed E-state index contributed by atoms with van der Waals surface area (Å²) >= 11 is 6.31. The summed E-state index contributed by atoms with van der Waals surface area (Å²) in [6.07, 6.45) is 1.78. The number of anilines is 2.